The fraction of sp³-hybridized carbons (Fsp3) is 0.476. The highest BCUT2D eigenvalue weighted by Crippen LogP contribution is 2.22. The molecule has 144 valence electrons. The summed E-state index contributed by atoms with van der Waals surface area (Å²) in [6, 6.07) is 7.64. The van der Waals surface area contributed by atoms with Crippen molar-refractivity contribution in [3.8, 4) is 0 Å². The second kappa shape index (κ2) is 7.94. The minimum Gasteiger partial charge on any atom is -0.342 e. The number of hydrogen-bond acceptors (Lipinski definition) is 3. The van der Waals surface area contributed by atoms with Crippen LogP contribution < -0.4 is 5.32 Å². The average molecular weight is 367 g/mol. The van der Waals surface area contributed by atoms with Crippen molar-refractivity contribution in [2.45, 2.75) is 59.5 Å². The maximum atomic E-state index is 12.9. The summed E-state index contributed by atoms with van der Waals surface area (Å²) in [5.74, 6) is 1.46. The van der Waals surface area contributed by atoms with Crippen molar-refractivity contribution in [2.24, 2.45) is 5.92 Å². The van der Waals surface area contributed by atoms with E-state index in [4.69, 9.17) is 0 Å². The summed E-state index contributed by atoms with van der Waals surface area (Å²) < 4.78 is 1.98. The minimum atomic E-state index is -0.219. The summed E-state index contributed by atoms with van der Waals surface area (Å²) in [7, 11) is 0. The number of fused-ring (bicyclic) bond motifs is 1. The lowest BCUT2D eigenvalue weighted by Gasteiger charge is -2.15. The van der Waals surface area contributed by atoms with E-state index in [-0.39, 0.29) is 17.9 Å². The van der Waals surface area contributed by atoms with Crippen LogP contribution in [0.25, 0.3) is 11.0 Å². The maximum absolute atomic E-state index is 12.9. The summed E-state index contributed by atoms with van der Waals surface area (Å²) in [5.41, 5.74) is 3.51. The number of nitrogens with zero attached hydrogens (tertiary/aromatic N) is 3. The Labute approximate surface area is 160 Å². The zero-order valence-electron chi connectivity index (χ0n) is 16.8. The molecule has 0 bridgehead atoms. The van der Waals surface area contributed by atoms with E-state index < -0.39 is 0 Å². The first-order valence-electron chi connectivity index (χ1n) is 9.68. The van der Waals surface area contributed by atoms with Crippen LogP contribution in [0.3, 0.4) is 0 Å². The Bertz CT molecular complexity index is 889. The van der Waals surface area contributed by atoms with Gasteiger partial charge in [0.25, 0.3) is 5.91 Å². The fourth-order valence-corrected chi connectivity index (χ4v) is 3.26. The van der Waals surface area contributed by atoms with Crippen LogP contribution in [0.1, 0.15) is 74.9 Å². The molecule has 2 heterocycles. The van der Waals surface area contributed by atoms with Crippen LogP contribution in [-0.2, 0) is 6.54 Å². The van der Waals surface area contributed by atoms with E-state index in [2.05, 4.69) is 48.1 Å². The lowest BCUT2D eigenvalue weighted by atomic mass is 10.0. The Balaban J connectivity index is 1.78. The van der Waals surface area contributed by atoms with Gasteiger partial charge in [-0.2, -0.15) is 5.10 Å². The lowest BCUT2D eigenvalue weighted by Crippen LogP contribution is -2.28. The Morgan fingerprint density at radius 3 is 2.59 bits per heavy atom. The normalized spacial score (nSPS) is 12.9. The zero-order chi connectivity index (χ0) is 19.6. The third-order valence-electron chi connectivity index (χ3n) is 4.76. The summed E-state index contributed by atoms with van der Waals surface area (Å²) in [5, 5.41) is 7.54. The molecule has 3 aromatic rings. The van der Waals surface area contributed by atoms with Gasteiger partial charge in [0.2, 0.25) is 0 Å². The molecular weight excluding hydrogens is 338 g/mol. The van der Waals surface area contributed by atoms with Crippen molar-refractivity contribution in [1.82, 2.24) is 25.1 Å². The van der Waals surface area contributed by atoms with Crippen molar-refractivity contribution in [2.75, 3.05) is 0 Å². The van der Waals surface area contributed by atoms with Crippen LogP contribution >= 0.6 is 0 Å². The number of H-pyrrole nitrogens is 1. The summed E-state index contributed by atoms with van der Waals surface area (Å²) in [6.45, 7) is 11.4. The number of carbonyl (C=O) groups is 1. The molecule has 0 spiro atoms. The number of hydrogen-bond donors (Lipinski definition) is 2. The van der Waals surface area contributed by atoms with Gasteiger partial charge in [-0.05, 0) is 37.3 Å². The predicted molar refractivity (Wildman–Crippen MR) is 108 cm³/mol. The van der Waals surface area contributed by atoms with Gasteiger partial charge in [-0.1, -0.05) is 39.8 Å². The van der Waals surface area contributed by atoms with Gasteiger partial charge in [0.1, 0.15) is 5.82 Å². The fourth-order valence-electron chi connectivity index (χ4n) is 3.26. The van der Waals surface area contributed by atoms with Gasteiger partial charge >= 0.3 is 0 Å². The predicted octanol–water partition coefficient (Wildman–Crippen LogP) is 4.42. The van der Waals surface area contributed by atoms with Crippen LogP contribution in [0.4, 0.5) is 0 Å². The van der Waals surface area contributed by atoms with Crippen LogP contribution in [0, 0.1) is 5.92 Å². The van der Waals surface area contributed by atoms with Gasteiger partial charge in [-0.3, -0.25) is 9.48 Å². The third-order valence-corrected chi connectivity index (χ3v) is 4.76. The highest BCUT2D eigenvalue weighted by molar-refractivity contribution is 5.95. The van der Waals surface area contributed by atoms with Gasteiger partial charge in [0.05, 0.1) is 34.5 Å². The molecule has 6 heteroatoms. The molecule has 1 amide bonds. The minimum absolute atomic E-state index is 0.109. The molecule has 1 aromatic carbocycles. The highest BCUT2D eigenvalue weighted by atomic mass is 16.1. The molecule has 0 aliphatic heterocycles. The van der Waals surface area contributed by atoms with Gasteiger partial charge < -0.3 is 10.3 Å². The second-order valence-corrected chi connectivity index (χ2v) is 7.84. The number of carbonyl (C=O) groups excluding carboxylic acids is 1. The van der Waals surface area contributed by atoms with Gasteiger partial charge in [0.15, 0.2) is 0 Å². The van der Waals surface area contributed by atoms with Gasteiger partial charge in [-0.25, -0.2) is 4.98 Å². The zero-order valence-corrected chi connectivity index (χ0v) is 16.8. The number of benzene rings is 1. The summed E-state index contributed by atoms with van der Waals surface area (Å²) in [6.07, 6.45) is 2.73. The van der Waals surface area contributed by atoms with E-state index in [9.17, 15) is 4.79 Å². The van der Waals surface area contributed by atoms with E-state index in [1.54, 1.807) is 6.20 Å². The monoisotopic (exact) mass is 367 g/mol. The van der Waals surface area contributed by atoms with Crippen molar-refractivity contribution < 1.29 is 4.79 Å². The van der Waals surface area contributed by atoms with Crippen molar-refractivity contribution in [3.05, 3.63) is 47.5 Å². The molecule has 0 unspecified atom stereocenters. The van der Waals surface area contributed by atoms with E-state index in [0.717, 1.165) is 35.5 Å². The first kappa shape index (κ1) is 19.1. The van der Waals surface area contributed by atoms with E-state index in [0.29, 0.717) is 11.5 Å². The third kappa shape index (κ3) is 4.21. The molecule has 0 aliphatic carbocycles. The molecule has 0 aliphatic rings. The van der Waals surface area contributed by atoms with Crippen LogP contribution in [0.5, 0.6) is 0 Å². The smallest absolute Gasteiger partial charge is 0.255 e. The molecule has 6 nitrogen and oxygen atoms in total. The summed E-state index contributed by atoms with van der Waals surface area (Å²) in [4.78, 5) is 20.8. The Hall–Kier alpha value is -2.63. The Morgan fingerprint density at radius 1 is 1.19 bits per heavy atom. The van der Waals surface area contributed by atoms with Crippen molar-refractivity contribution in [1.29, 1.82) is 0 Å². The molecule has 3 rings (SSSR count). The highest BCUT2D eigenvalue weighted by Gasteiger charge is 2.22. The summed E-state index contributed by atoms with van der Waals surface area (Å²) >= 11 is 0. The van der Waals surface area contributed by atoms with Gasteiger partial charge in [-0.15, -0.1) is 0 Å². The first-order chi connectivity index (χ1) is 12.9. The Morgan fingerprint density at radius 2 is 1.93 bits per heavy atom. The molecule has 2 aromatic heterocycles. The number of aromatic amines is 1. The molecule has 2 N–H and O–H groups in total. The van der Waals surface area contributed by atoms with Crippen LogP contribution in [0.2, 0.25) is 0 Å². The van der Waals surface area contributed by atoms with Gasteiger partial charge in [0, 0.05) is 6.54 Å². The quantitative estimate of drug-likeness (QED) is 0.649. The Kier molecular flexibility index (Phi) is 5.63. The van der Waals surface area contributed by atoms with E-state index in [1.165, 1.54) is 0 Å². The average Bonchev–Trinajstić information content (AvgIpc) is 3.23. The number of amides is 1. The van der Waals surface area contributed by atoms with Crippen molar-refractivity contribution >= 4 is 16.9 Å². The lowest BCUT2D eigenvalue weighted by molar-refractivity contribution is 0.0937. The second-order valence-electron chi connectivity index (χ2n) is 7.84. The van der Waals surface area contributed by atoms with E-state index >= 15 is 0 Å². The standard InChI is InChI=1S/C21H29N5O/c1-13(2)10-11-26-19(14(3)4)16(12-22-26)21(27)23-15(5)20-24-17-8-6-7-9-18(17)25-20/h6-9,12-15H,10-11H2,1-5H3,(H,23,27)(H,24,25)/t15-/m0/s1. The SMILES string of the molecule is CC(C)CCn1ncc(C(=O)N[C@@H](C)c2nc3ccccc3[nH]2)c1C(C)C. The molecule has 0 fully saturated rings. The number of para-hydroxylation sites is 2. The molecule has 0 saturated carbocycles. The molecule has 0 radical (unpaired) electrons. The number of rotatable bonds is 7. The van der Waals surface area contributed by atoms with Crippen molar-refractivity contribution in [3.63, 3.8) is 0 Å². The molecule has 27 heavy (non-hydrogen) atoms. The first-order valence-corrected chi connectivity index (χ1v) is 9.68. The molecule has 1 atom stereocenters. The topological polar surface area (TPSA) is 75.6 Å². The number of aryl methyl sites for hydroxylation is 1. The van der Waals surface area contributed by atoms with E-state index in [1.807, 2.05) is 35.9 Å². The van der Waals surface area contributed by atoms with Crippen LogP contribution in [-0.4, -0.2) is 25.7 Å². The molecule has 0 saturated heterocycles. The maximum Gasteiger partial charge on any atom is 0.255 e. The molecular formula is C21H29N5O. The van der Waals surface area contributed by atoms with Crippen LogP contribution in [0.15, 0.2) is 30.5 Å². The number of aromatic nitrogens is 4. The number of imidazole rings is 1. The largest absolute Gasteiger partial charge is 0.342 e. The number of nitrogens with one attached hydrogen (secondary N) is 2.